The number of amides is 1. The number of hydrogen-bond donors (Lipinski definition) is 2. The number of nitrogens with zero attached hydrogens (tertiary/aromatic N) is 5. The average molecular weight is 484 g/mol. The zero-order valence-electron chi connectivity index (χ0n) is 17.4. The largest absolute Gasteiger partial charge is 0.441 e. The maximum Gasteiger partial charge on any atom is 0.413 e. The molecule has 1 amide bonds. The highest BCUT2D eigenvalue weighted by Gasteiger charge is 2.21. The average Bonchev–Trinajstić information content (AvgIpc) is 3.04. The Morgan fingerprint density at radius 3 is 2.69 bits per heavy atom. The van der Waals surface area contributed by atoms with Gasteiger partial charge in [-0.15, -0.1) is 5.10 Å². The Hall–Kier alpha value is -3.32. The summed E-state index contributed by atoms with van der Waals surface area (Å²) in [5.41, 5.74) is 1.54. The molecule has 14 heteroatoms. The number of rotatable bonds is 6. The summed E-state index contributed by atoms with van der Waals surface area (Å²) in [5, 5.41) is 10.2. The smallest absolute Gasteiger partial charge is 0.413 e. The fraction of sp³-hybridized carbons (Fsp3) is 0.278. The molecule has 1 atom stereocenters. The minimum absolute atomic E-state index is 0.185. The van der Waals surface area contributed by atoms with E-state index in [1.807, 2.05) is 0 Å². The van der Waals surface area contributed by atoms with Crippen molar-refractivity contribution in [1.29, 1.82) is 0 Å². The maximum atomic E-state index is 13.6. The molecule has 0 radical (unpaired) electrons. The molecule has 3 heterocycles. The minimum Gasteiger partial charge on any atom is -0.441 e. The van der Waals surface area contributed by atoms with Crippen LogP contribution in [0.4, 0.5) is 20.7 Å². The highest BCUT2D eigenvalue weighted by Crippen LogP contribution is 2.29. The van der Waals surface area contributed by atoms with E-state index in [9.17, 15) is 17.6 Å². The Kier molecular flexibility index (Phi) is 6.60. The van der Waals surface area contributed by atoms with Gasteiger partial charge in [0.05, 0.1) is 23.3 Å². The Morgan fingerprint density at radius 1 is 1.31 bits per heavy atom. The molecule has 0 bridgehead atoms. The van der Waals surface area contributed by atoms with Crippen molar-refractivity contribution in [1.82, 2.24) is 25.0 Å². The molecular weight excluding hydrogens is 465 g/mol. The van der Waals surface area contributed by atoms with Crippen LogP contribution in [0.15, 0.2) is 24.4 Å². The van der Waals surface area contributed by atoms with Crippen molar-refractivity contribution in [2.75, 3.05) is 16.3 Å². The molecular formula is C18H19ClFN7O4S. The van der Waals surface area contributed by atoms with Crippen molar-refractivity contribution in [2.24, 2.45) is 7.05 Å². The first-order valence-corrected chi connectivity index (χ1v) is 11.4. The molecule has 0 aliphatic carbocycles. The number of anilines is 2. The number of hydrogen-bond acceptors (Lipinski definition) is 8. The Labute approximate surface area is 188 Å². The van der Waals surface area contributed by atoms with Crippen molar-refractivity contribution in [3.8, 4) is 11.4 Å². The second-order valence-corrected chi connectivity index (χ2v) is 8.92. The second-order valence-electron chi connectivity index (χ2n) is 6.79. The van der Waals surface area contributed by atoms with Crippen LogP contribution < -0.4 is 10.0 Å². The summed E-state index contributed by atoms with van der Waals surface area (Å²) in [7, 11) is -1.92. The van der Waals surface area contributed by atoms with Crippen molar-refractivity contribution >= 4 is 39.2 Å². The number of halogens is 2. The van der Waals surface area contributed by atoms with Gasteiger partial charge in [-0.2, -0.15) is 4.39 Å². The van der Waals surface area contributed by atoms with E-state index in [1.165, 1.54) is 36.0 Å². The summed E-state index contributed by atoms with van der Waals surface area (Å²) >= 11 is 5.89. The fourth-order valence-electron chi connectivity index (χ4n) is 2.77. The van der Waals surface area contributed by atoms with Crippen molar-refractivity contribution in [2.45, 2.75) is 20.0 Å². The molecule has 0 spiro atoms. The molecule has 2 N–H and O–H groups in total. The van der Waals surface area contributed by atoms with Crippen LogP contribution in [0.3, 0.4) is 0 Å². The van der Waals surface area contributed by atoms with Crippen molar-refractivity contribution < 1.29 is 22.3 Å². The van der Waals surface area contributed by atoms with E-state index in [-0.39, 0.29) is 22.1 Å². The molecule has 0 saturated carbocycles. The summed E-state index contributed by atoms with van der Waals surface area (Å²) in [6.07, 6.45) is 0.523. The molecule has 3 aromatic heterocycles. The topological polar surface area (TPSA) is 141 Å². The lowest BCUT2D eigenvalue weighted by Crippen LogP contribution is -2.19. The van der Waals surface area contributed by atoms with Gasteiger partial charge >= 0.3 is 6.09 Å². The molecule has 1 unspecified atom stereocenters. The van der Waals surface area contributed by atoms with E-state index in [4.69, 9.17) is 16.3 Å². The number of carbonyl (C=O) groups excluding carboxylic acids is 1. The van der Waals surface area contributed by atoms with Crippen LogP contribution in [-0.2, 0) is 21.8 Å². The van der Waals surface area contributed by atoms with Gasteiger partial charge in [0.15, 0.2) is 11.5 Å². The number of aryl methyl sites for hydroxylation is 2. The Morgan fingerprint density at radius 2 is 2.03 bits per heavy atom. The van der Waals surface area contributed by atoms with E-state index in [0.29, 0.717) is 17.1 Å². The quantitative estimate of drug-likeness (QED) is 0.509. The molecule has 170 valence electrons. The van der Waals surface area contributed by atoms with Crippen LogP contribution in [0.25, 0.3) is 11.4 Å². The second kappa shape index (κ2) is 9.04. The summed E-state index contributed by atoms with van der Waals surface area (Å²) in [4.78, 5) is 20.2. The van der Waals surface area contributed by atoms with Gasteiger partial charge < -0.3 is 4.74 Å². The van der Waals surface area contributed by atoms with Crippen molar-refractivity contribution in [3.05, 3.63) is 46.6 Å². The molecule has 0 aromatic carbocycles. The van der Waals surface area contributed by atoms with Crippen molar-refractivity contribution in [3.63, 3.8) is 0 Å². The van der Waals surface area contributed by atoms with E-state index in [0.717, 1.165) is 6.26 Å². The Bertz CT molecular complexity index is 1280. The number of ether oxygens (including phenoxy) is 1. The predicted octanol–water partition coefficient (Wildman–Crippen LogP) is 3.05. The highest BCUT2D eigenvalue weighted by molar-refractivity contribution is 7.92. The lowest BCUT2D eigenvalue weighted by atomic mass is 10.2. The first-order valence-electron chi connectivity index (χ1n) is 9.09. The van der Waals surface area contributed by atoms with Crippen LogP contribution in [0.5, 0.6) is 0 Å². The van der Waals surface area contributed by atoms with Gasteiger partial charge in [0.1, 0.15) is 11.1 Å². The van der Waals surface area contributed by atoms with Gasteiger partial charge in [0, 0.05) is 18.8 Å². The summed E-state index contributed by atoms with van der Waals surface area (Å²) in [6, 6.07) is 4.50. The summed E-state index contributed by atoms with van der Waals surface area (Å²) in [5.74, 6) is -0.682. The molecule has 0 saturated heterocycles. The van der Waals surface area contributed by atoms with Crippen LogP contribution in [0.2, 0.25) is 5.02 Å². The first-order chi connectivity index (χ1) is 15.0. The lowest BCUT2D eigenvalue weighted by Gasteiger charge is -2.15. The number of carbonyl (C=O) groups is 1. The van der Waals surface area contributed by atoms with Crippen LogP contribution in [0.1, 0.15) is 24.3 Å². The van der Waals surface area contributed by atoms with Gasteiger partial charge in [-0.05, 0) is 32.0 Å². The van der Waals surface area contributed by atoms with Crippen LogP contribution in [0, 0.1) is 12.9 Å². The number of pyridine rings is 2. The molecule has 3 rings (SSSR count). The lowest BCUT2D eigenvalue weighted by molar-refractivity contribution is 0.120. The third-order valence-corrected chi connectivity index (χ3v) is 5.23. The normalized spacial score (nSPS) is 12.3. The standard InChI is InChI=1S/C18H19ClFN7O4S/c1-9-12(25-32(4,29)30)5-6-13(22-9)15-17(27(3)26-24-15)23-18(28)31-10(2)11-7-8-21-16(20)14(11)19/h5-8,10,25H,1-4H3,(H,23,28). The molecule has 32 heavy (non-hydrogen) atoms. The van der Waals surface area contributed by atoms with Crippen LogP contribution >= 0.6 is 11.6 Å². The highest BCUT2D eigenvalue weighted by atomic mass is 35.5. The molecule has 0 aliphatic heterocycles. The minimum atomic E-state index is -3.47. The molecule has 11 nitrogen and oxygen atoms in total. The fourth-order valence-corrected chi connectivity index (χ4v) is 3.65. The summed E-state index contributed by atoms with van der Waals surface area (Å²) < 4.78 is 45.4. The number of aromatic nitrogens is 5. The Balaban J connectivity index is 1.81. The summed E-state index contributed by atoms with van der Waals surface area (Å²) in [6.45, 7) is 3.15. The predicted molar refractivity (Wildman–Crippen MR) is 115 cm³/mol. The van der Waals surface area contributed by atoms with Crippen LogP contribution in [-0.4, -0.2) is 45.7 Å². The number of nitrogens with one attached hydrogen (secondary N) is 2. The number of sulfonamides is 1. The van der Waals surface area contributed by atoms with Gasteiger partial charge in [0.2, 0.25) is 16.0 Å². The zero-order valence-corrected chi connectivity index (χ0v) is 19.0. The maximum absolute atomic E-state index is 13.6. The van der Waals surface area contributed by atoms with E-state index < -0.39 is 28.2 Å². The van der Waals surface area contributed by atoms with E-state index in [2.05, 4.69) is 30.3 Å². The molecule has 0 fully saturated rings. The zero-order chi connectivity index (χ0) is 23.6. The van der Waals surface area contributed by atoms with Gasteiger partial charge in [-0.25, -0.2) is 27.9 Å². The van der Waals surface area contributed by atoms with Gasteiger partial charge in [-0.1, -0.05) is 16.8 Å². The SMILES string of the molecule is Cc1nc(-c2nnn(C)c2NC(=O)OC(C)c2ccnc(F)c2Cl)ccc1NS(C)(=O)=O. The molecule has 0 aliphatic rings. The monoisotopic (exact) mass is 483 g/mol. The third kappa shape index (κ3) is 5.29. The molecule has 3 aromatic rings. The van der Waals surface area contributed by atoms with E-state index >= 15 is 0 Å². The van der Waals surface area contributed by atoms with E-state index in [1.54, 1.807) is 14.0 Å². The van der Waals surface area contributed by atoms with Gasteiger partial charge in [0.25, 0.3) is 0 Å². The third-order valence-electron chi connectivity index (χ3n) is 4.27. The first kappa shape index (κ1) is 23.3. The van der Waals surface area contributed by atoms with Gasteiger partial charge in [-0.3, -0.25) is 10.0 Å².